The van der Waals surface area contributed by atoms with Crippen LogP contribution in [0.4, 0.5) is 15.8 Å². The van der Waals surface area contributed by atoms with E-state index in [0.29, 0.717) is 20.8 Å². The molecule has 34 heavy (non-hydrogen) atoms. The van der Waals surface area contributed by atoms with Crippen molar-refractivity contribution in [1.29, 1.82) is 0 Å². The number of anilines is 2. The van der Waals surface area contributed by atoms with Crippen LogP contribution in [0.3, 0.4) is 0 Å². The Kier molecular flexibility index (Phi) is 7.85. The summed E-state index contributed by atoms with van der Waals surface area (Å²) in [5, 5.41) is 2.90. The molecule has 8 nitrogen and oxygen atoms in total. The van der Waals surface area contributed by atoms with E-state index >= 15 is 0 Å². The SMILES string of the molecule is COc1ccc(Cl)cc1NC(=O)CN(c1ccccc1F)S(=O)(=O)c1ccc(OC)c(OC)c1. The molecule has 0 aliphatic heterocycles. The molecular formula is C23H22ClFN2O6S. The molecule has 11 heteroatoms. The first-order valence-electron chi connectivity index (χ1n) is 9.84. The molecular weight excluding hydrogens is 487 g/mol. The fourth-order valence-electron chi connectivity index (χ4n) is 3.16. The van der Waals surface area contributed by atoms with E-state index in [-0.39, 0.29) is 22.0 Å². The van der Waals surface area contributed by atoms with E-state index in [1.165, 1.54) is 63.8 Å². The number of hydrogen-bond acceptors (Lipinski definition) is 6. The van der Waals surface area contributed by atoms with Crippen molar-refractivity contribution >= 4 is 38.9 Å². The Balaban J connectivity index is 2.02. The Morgan fingerprint density at radius 1 is 0.941 bits per heavy atom. The molecule has 0 unspecified atom stereocenters. The number of carbonyl (C=O) groups is 1. The van der Waals surface area contributed by atoms with Gasteiger partial charge in [0.25, 0.3) is 10.0 Å². The maximum Gasteiger partial charge on any atom is 0.265 e. The maximum atomic E-state index is 14.7. The molecule has 0 aromatic heterocycles. The molecule has 3 aromatic carbocycles. The molecule has 0 aliphatic rings. The van der Waals surface area contributed by atoms with E-state index in [1.807, 2.05) is 0 Å². The van der Waals surface area contributed by atoms with Crippen molar-refractivity contribution in [2.45, 2.75) is 4.90 Å². The molecule has 0 saturated carbocycles. The Labute approximate surface area is 201 Å². The molecule has 1 N–H and O–H groups in total. The molecule has 0 aliphatic carbocycles. The molecule has 0 fully saturated rings. The van der Waals surface area contributed by atoms with Crippen LogP contribution in [0.1, 0.15) is 0 Å². The first kappa shape index (κ1) is 25.1. The van der Waals surface area contributed by atoms with Gasteiger partial charge < -0.3 is 19.5 Å². The van der Waals surface area contributed by atoms with Crippen LogP contribution >= 0.6 is 11.6 Å². The number of ether oxygens (including phenoxy) is 3. The predicted octanol–water partition coefficient (Wildman–Crippen LogP) is 4.34. The number of halogens is 2. The topological polar surface area (TPSA) is 94.2 Å². The van der Waals surface area contributed by atoms with E-state index < -0.39 is 28.3 Å². The highest BCUT2D eigenvalue weighted by Gasteiger charge is 2.30. The van der Waals surface area contributed by atoms with Crippen LogP contribution in [-0.2, 0) is 14.8 Å². The van der Waals surface area contributed by atoms with Crippen molar-refractivity contribution in [2.75, 3.05) is 37.5 Å². The van der Waals surface area contributed by atoms with Crippen molar-refractivity contribution in [3.8, 4) is 17.2 Å². The Morgan fingerprint density at radius 3 is 2.24 bits per heavy atom. The maximum absolute atomic E-state index is 14.7. The molecule has 0 radical (unpaired) electrons. The van der Waals surface area contributed by atoms with Crippen LogP contribution < -0.4 is 23.8 Å². The zero-order valence-electron chi connectivity index (χ0n) is 18.5. The number of methoxy groups -OCH3 is 3. The third kappa shape index (κ3) is 5.35. The fraction of sp³-hybridized carbons (Fsp3) is 0.174. The zero-order chi connectivity index (χ0) is 24.9. The monoisotopic (exact) mass is 508 g/mol. The number of hydrogen-bond donors (Lipinski definition) is 1. The lowest BCUT2D eigenvalue weighted by molar-refractivity contribution is -0.114. The fourth-order valence-corrected chi connectivity index (χ4v) is 4.77. The summed E-state index contributed by atoms with van der Waals surface area (Å²) in [6.45, 7) is -0.729. The second-order valence-electron chi connectivity index (χ2n) is 6.87. The summed E-state index contributed by atoms with van der Waals surface area (Å²) in [4.78, 5) is 12.7. The summed E-state index contributed by atoms with van der Waals surface area (Å²) in [5.74, 6) is -0.777. The summed E-state index contributed by atoms with van der Waals surface area (Å²) >= 11 is 6.00. The second-order valence-corrected chi connectivity index (χ2v) is 9.17. The van der Waals surface area contributed by atoms with Crippen LogP contribution in [0, 0.1) is 5.82 Å². The molecule has 0 bridgehead atoms. The number of rotatable bonds is 9. The van der Waals surface area contributed by atoms with Crippen LogP contribution in [0.2, 0.25) is 5.02 Å². The van der Waals surface area contributed by atoms with Gasteiger partial charge in [-0.05, 0) is 42.5 Å². The van der Waals surface area contributed by atoms with E-state index in [4.69, 9.17) is 25.8 Å². The van der Waals surface area contributed by atoms with Gasteiger partial charge in [0.2, 0.25) is 5.91 Å². The lowest BCUT2D eigenvalue weighted by atomic mass is 10.3. The number of para-hydroxylation sites is 1. The van der Waals surface area contributed by atoms with Gasteiger partial charge in [-0.1, -0.05) is 23.7 Å². The van der Waals surface area contributed by atoms with Crippen LogP contribution in [0.5, 0.6) is 17.2 Å². The number of nitrogens with zero attached hydrogens (tertiary/aromatic N) is 1. The highest BCUT2D eigenvalue weighted by molar-refractivity contribution is 7.92. The first-order chi connectivity index (χ1) is 16.2. The standard InChI is InChI=1S/C23H22ClFN2O6S/c1-31-20-10-8-15(24)12-18(20)26-23(28)14-27(19-7-5-4-6-17(19)25)34(29,30)16-9-11-21(32-2)22(13-16)33-3/h4-13H,14H2,1-3H3,(H,26,28). The second kappa shape index (κ2) is 10.6. The summed E-state index contributed by atoms with van der Waals surface area (Å²) in [6, 6.07) is 13.7. The Hall–Kier alpha value is -3.50. The van der Waals surface area contributed by atoms with Gasteiger partial charge in [-0.3, -0.25) is 9.10 Å². The van der Waals surface area contributed by atoms with E-state index in [1.54, 1.807) is 12.1 Å². The van der Waals surface area contributed by atoms with Gasteiger partial charge in [0.15, 0.2) is 11.5 Å². The largest absolute Gasteiger partial charge is 0.495 e. The summed E-state index contributed by atoms with van der Waals surface area (Å²) in [7, 11) is -0.232. The average Bonchev–Trinajstić information content (AvgIpc) is 2.82. The van der Waals surface area contributed by atoms with Crippen LogP contribution in [0.25, 0.3) is 0 Å². The first-order valence-corrected chi connectivity index (χ1v) is 11.7. The quantitative estimate of drug-likeness (QED) is 0.462. The van der Waals surface area contributed by atoms with Gasteiger partial charge in [-0.25, -0.2) is 12.8 Å². The average molecular weight is 509 g/mol. The third-order valence-corrected chi connectivity index (χ3v) is 6.78. The van der Waals surface area contributed by atoms with Crippen molar-refractivity contribution < 1.29 is 31.8 Å². The van der Waals surface area contributed by atoms with Gasteiger partial charge in [-0.15, -0.1) is 0 Å². The molecule has 0 atom stereocenters. The number of carbonyl (C=O) groups excluding carboxylic acids is 1. The van der Waals surface area contributed by atoms with Crippen LogP contribution in [0.15, 0.2) is 65.6 Å². The van der Waals surface area contributed by atoms with Crippen molar-refractivity contribution in [1.82, 2.24) is 0 Å². The number of amides is 1. The molecule has 0 saturated heterocycles. The smallest absolute Gasteiger partial charge is 0.265 e. The summed E-state index contributed by atoms with van der Waals surface area (Å²) < 4.78 is 58.0. The zero-order valence-corrected chi connectivity index (χ0v) is 20.1. The van der Waals surface area contributed by atoms with Gasteiger partial charge >= 0.3 is 0 Å². The van der Waals surface area contributed by atoms with Crippen LogP contribution in [-0.4, -0.2) is 42.2 Å². The lowest BCUT2D eigenvalue weighted by Gasteiger charge is -2.25. The molecule has 0 spiro atoms. The molecule has 0 heterocycles. The molecule has 3 rings (SSSR count). The van der Waals surface area contributed by atoms with Gasteiger partial charge in [0.05, 0.1) is 37.6 Å². The van der Waals surface area contributed by atoms with Crippen molar-refractivity contribution in [3.63, 3.8) is 0 Å². The number of sulfonamides is 1. The number of benzene rings is 3. The van der Waals surface area contributed by atoms with Gasteiger partial charge in [-0.2, -0.15) is 0 Å². The predicted molar refractivity (Wildman–Crippen MR) is 127 cm³/mol. The Bertz CT molecular complexity index is 1300. The highest BCUT2D eigenvalue weighted by atomic mass is 35.5. The number of nitrogens with one attached hydrogen (secondary N) is 1. The van der Waals surface area contributed by atoms with Crippen molar-refractivity contribution in [3.05, 3.63) is 71.5 Å². The molecule has 1 amide bonds. The molecule has 180 valence electrons. The van der Waals surface area contributed by atoms with E-state index in [9.17, 15) is 17.6 Å². The summed E-state index contributed by atoms with van der Waals surface area (Å²) in [6.07, 6.45) is 0. The summed E-state index contributed by atoms with van der Waals surface area (Å²) in [5.41, 5.74) is -0.0671. The minimum Gasteiger partial charge on any atom is -0.495 e. The normalized spacial score (nSPS) is 11.0. The Morgan fingerprint density at radius 2 is 1.59 bits per heavy atom. The van der Waals surface area contributed by atoms with E-state index in [0.717, 1.165) is 6.07 Å². The lowest BCUT2D eigenvalue weighted by Crippen LogP contribution is -2.38. The third-order valence-electron chi connectivity index (χ3n) is 4.79. The molecule has 3 aromatic rings. The van der Waals surface area contributed by atoms with Gasteiger partial charge in [0, 0.05) is 11.1 Å². The minimum atomic E-state index is -4.41. The minimum absolute atomic E-state index is 0.158. The van der Waals surface area contributed by atoms with E-state index in [2.05, 4.69) is 5.32 Å². The van der Waals surface area contributed by atoms with Crippen molar-refractivity contribution in [2.24, 2.45) is 0 Å². The highest BCUT2D eigenvalue weighted by Crippen LogP contribution is 2.33. The van der Waals surface area contributed by atoms with Gasteiger partial charge in [0.1, 0.15) is 18.1 Å².